The van der Waals surface area contributed by atoms with Crippen molar-refractivity contribution in [3.8, 4) is 11.3 Å². The second-order valence-electron chi connectivity index (χ2n) is 8.63. The molecule has 1 aliphatic heterocycles. The lowest BCUT2D eigenvalue weighted by atomic mass is 9.93. The Hall–Kier alpha value is -2.24. The number of fused-ring (bicyclic) bond motifs is 3. The predicted molar refractivity (Wildman–Crippen MR) is 123 cm³/mol. The normalized spacial score (nSPS) is 15.4. The number of nitrogens with zero attached hydrogens (tertiary/aromatic N) is 1. The maximum absolute atomic E-state index is 2.50. The highest BCUT2D eigenvalue weighted by Crippen LogP contribution is 2.45. The van der Waals surface area contributed by atoms with Crippen LogP contribution in [-0.4, -0.2) is 6.66 Å². The zero-order valence-corrected chi connectivity index (χ0v) is 18.3. The van der Waals surface area contributed by atoms with Crippen LogP contribution in [0.15, 0.2) is 54.7 Å². The van der Waals surface area contributed by atoms with Crippen molar-refractivity contribution in [3.05, 3.63) is 65.9 Å². The Morgan fingerprint density at radius 2 is 1.75 bits per heavy atom. The van der Waals surface area contributed by atoms with Crippen molar-refractivity contribution in [1.29, 1.82) is 0 Å². The second-order valence-corrected chi connectivity index (χ2v) is 10.7. The van der Waals surface area contributed by atoms with Crippen LogP contribution >= 0.6 is 7.92 Å². The van der Waals surface area contributed by atoms with Crippen LogP contribution in [0.3, 0.4) is 0 Å². The van der Waals surface area contributed by atoms with Gasteiger partial charge in [-0.1, -0.05) is 50.2 Å². The summed E-state index contributed by atoms with van der Waals surface area (Å²) in [7, 11) is 1.83. The first-order chi connectivity index (χ1) is 13.5. The molecule has 1 aliphatic rings. The molecule has 0 fully saturated rings. The zero-order valence-electron chi connectivity index (χ0n) is 17.4. The van der Waals surface area contributed by atoms with Crippen LogP contribution in [0.5, 0.6) is 0 Å². The van der Waals surface area contributed by atoms with Crippen LogP contribution in [0.2, 0.25) is 0 Å². The lowest BCUT2D eigenvalue weighted by Crippen LogP contribution is -2.36. The summed E-state index contributed by atoms with van der Waals surface area (Å²) in [5.41, 5.74) is 5.75. The maximum Gasteiger partial charge on any atom is 0.221 e. The minimum Gasteiger partial charge on any atom is -0.200 e. The third kappa shape index (κ3) is 2.53. The van der Waals surface area contributed by atoms with Gasteiger partial charge in [0.2, 0.25) is 5.69 Å². The van der Waals surface area contributed by atoms with Crippen molar-refractivity contribution in [2.45, 2.75) is 27.2 Å². The molecule has 0 aliphatic carbocycles. The molecule has 0 saturated heterocycles. The van der Waals surface area contributed by atoms with Gasteiger partial charge in [0, 0.05) is 6.07 Å². The molecule has 0 amide bonds. The van der Waals surface area contributed by atoms with Gasteiger partial charge < -0.3 is 0 Å². The predicted octanol–water partition coefficient (Wildman–Crippen LogP) is 5.37. The molecular formula is C26H27NP+. The number of rotatable bonds is 2. The summed E-state index contributed by atoms with van der Waals surface area (Å²) in [5, 5.41) is 8.69. The largest absolute Gasteiger partial charge is 0.221 e. The van der Waals surface area contributed by atoms with Crippen molar-refractivity contribution in [1.82, 2.24) is 0 Å². The molecule has 1 aromatic heterocycles. The summed E-state index contributed by atoms with van der Waals surface area (Å²) in [6, 6.07) is 18.5. The number of benzene rings is 3. The van der Waals surface area contributed by atoms with E-state index >= 15 is 0 Å². The van der Waals surface area contributed by atoms with Gasteiger partial charge in [0.15, 0.2) is 6.20 Å². The fourth-order valence-corrected chi connectivity index (χ4v) is 7.03. The first kappa shape index (κ1) is 17.8. The topological polar surface area (TPSA) is 3.88 Å². The number of pyridine rings is 1. The molecule has 1 atom stereocenters. The lowest BCUT2D eigenvalue weighted by molar-refractivity contribution is -0.659. The molecule has 2 heterocycles. The number of hydrogen-bond donors (Lipinski definition) is 0. The van der Waals surface area contributed by atoms with Gasteiger partial charge in [0.25, 0.3) is 0 Å². The highest BCUT2D eigenvalue weighted by atomic mass is 31.1. The van der Waals surface area contributed by atoms with Gasteiger partial charge in [-0.05, 0) is 77.8 Å². The van der Waals surface area contributed by atoms with Crippen molar-refractivity contribution in [3.63, 3.8) is 0 Å². The van der Waals surface area contributed by atoms with Crippen LogP contribution in [0.25, 0.3) is 32.8 Å². The van der Waals surface area contributed by atoms with E-state index in [1.54, 1.807) is 5.30 Å². The first-order valence-corrected chi connectivity index (χ1v) is 12.0. The molecule has 0 radical (unpaired) electrons. The van der Waals surface area contributed by atoms with E-state index in [4.69, 9.17) is 0 Å². The van der Waals surface area contributed by atoms with Crippen molar-refractivity contribution >= 4 is 40.1 Å². The fraction of sp³-hybridized carbons (Fsp3) is 0.269. The Morgan fingerprint density at radius 1 is 0.964 bits per heavy atom. The fourth-order valence-electron chi connectivity index (χ4n) is 4.90. The molecule has 0 N–H and O–H groups in total. The molecular weight excluding hydrogens is 357 g/mol. The van der Waals surface area contributed by atoms with E-state index in [0.717, 1.165) is 6.42 Å². The molecule has 0 saturated carbocycles. The van der Waals surface area contributed by atoms with Crippen LogP contribution in [0.1, 0.15) is 25.0 Å². The summed E-state index contributed by atoms with van der Waals surface area (Å²) < 4.78 is 2.33. The van der Waals surface area contributed by atoms with Crippen LogP contribution < -0.4 is 15.2 Å². The summed E-state index contributed by atoms with van der Waals surface area (Å²) in [6.07, 6.45) is 3.38. The molecule has 0 spiro atoms. The van der Waals surface area contributed by atoms with Gasteiger partial charge in [-0.25, -0.2) is 4.57 Å². The second kappa shape index (κ2) is 6.39. The van der Waals surface area contributed by atoms with E-state index < -0.39 is 0 Å². The molecule has 1 nitrogen and oxygen atoms in total. The van der Waals surface area contributed by atoms with Gasteiger partial charge in [0.05, 0.1) is 10.9 Å². The molecule has 1 unspecified atom stereocenters. The van der Waals surface area contributed by atoms with E-state index in [1.807, 2.05) is 0 Å². The third-order valence-corrected chi connectivity index (χ3v) is 8.32. The van der Waals surface area contributed by atoms with Gasteiger partial charge >= 0.3 is 0 Å². The zero-order chi connectivity index (χ0) is 19.6. The Bertz CT molecular complexity index is 1250. The van der Waals surface area contributed by atoms with Crippen LogP contribution in [0.4, 0.5) is 0 Å². The summed E-state index contributed by atoms with van der Waals surface area (Å²) in [4.78, 5) is 0. The Morgan fingerprint density at radius 3 is 2.54 bits per heavy atom. The summed E-state index contributed by atoms with van der Waals surface area (Å²) in [6.45, 7) is 9.38. The van der Waals surface area contributed by atoms with E-state index in [0.29, 0.717) is 5.92 Å². The highest BCUT2D eigenvalue weighted by molar-refractivity contribution is 7.73. The van der Waals surface area contributed by atoms with Gasteiger partial charge in [-0.3, -0.25) is 0 Å². The quantitative estimate of drug-likeness (QED) is 0.323. The maximum atomic E-state index is 2.50. The number of hydrogen-bond acceptors (Lipinski definition) is 0. The van der Waals surface area contributed by atoms with E-state index in [2.05, 4.69) is 93.8 Å². The van der Waals surface area contributed by atoms with Crippen LogP contribution in [-0.2, 0) is 13.5 Å². The van der Waals surface area contributed by atoms with Gasteiger partial charge in [-0.15, -0.1) is 0 Å². The Kier molecular flexibility index (Phi) is 4.07. The minimum atomic E-state index is -0.369. The summed E-state index contributed by atoms with van der Waals surface area (Å²) >= 11 is 0. The Labute approximate surface area is 168 Å². The number of aromatic nitrogens is 1. The smallest absolute Gasteiger partial charge is 0.200 e. The number of aryl methyl sites for hydroxylation is 2. The molecule has 3 aromatic carbocycles. The molecule has 4 aromatic rings. The molecule has 28 heavy (non-hydrogen) atoms. The van der Waals surface area contributed by atoms with Gasteiger partial charge in [-0.2, -0.15) is 0 Å². The highest BCUT2D eigenvalue weighted by Gasteiger charge is 2.32. The van der Waals surface area contributed by atoms with E-state index in [9.17, 15) is 0 Å². The van der Waals surface area contributed by atoms with Crippen LogP contribution in [0, 0.1) is 12.8 Å². The Balaban J connectivity index is 1.92. The first-order valence-electron chi connectivity index (χ1n) is 10.2. The van der Waals surface area contributed by atoms with Crippen molar-refractivity contribution in [2.75, 3.05) is 6.66 Å². The third-order valence-electron chi connectivity index (χ3n) is 6.17. The standard InChI is InChI=1S/C26H27NP/c1-16(2)12-18-13-20-10-11-27(4)26-24-17(3)21-9-7-6-8-19(21)15-23(24)28(5)22(14-18)25(20)26/h6-11,13-16H,12H2,1-5H3/q+1. The molecule has 0 bridgehead atoms. The minimum absolute atomic E-state index is 0.369. The van der Waals surface area contributed by atoms with Crippen molar-refractivity contribution in [2.24, 2.45) is 13.0 Å². The van der Waals surface area contributed by atoms with E-state index in [-0.39, 0.29) is 7.92 Å². The monoisotopic (exact) mass is 384 g/mol. The van der Waals surface area contributed by atoms with Gasteiger partial charge in [0.1, 0.15) is 7.05 Å². The SMILES string of the molecule is Cc1c2c(cc3ccccc13)P(C)c1cc(CC(C)C)cc3cc[n+](C)c-2c13. The molecule has 5 rings (SSSR count). The molecule has 140 valence electrons. The van der Waals surface area contributed by atoms with E-state index in [1.165, 1.54) is 49.2 Å². The molecule has 2 heteroatoms. The van der Waals surface area contributed by atoms with Crippen molar-refractivity contribution < 1.29 is 4.57 Å². The lowest BCUT2D eigenvalue weighted by Gasteiger charge is -2.27. The average Bonchev–Trinajstić information content (AvgIpc) is 2.67. The summed E-state index contributed by atoms with van der Waals surface area (Å²) in [5.74, 6) is 0.675. The average molecular weight is 384 g/mol.